The molecule has 0 aliphatic heterocycles. The number of fused-ring (bicyclic) bond motifs is 1. The maximum atomic E-state index is 13.2. The van der Waals surface area contributed by atoms with E-state index < -0.39 is 0 Å². The maximum absolute atomic E-state index is 13.2. The van der Waals surface area contributed by atoms with Crippen LogP contribution in [-0.2, 0) is 6.54 Å². The minimum atomic E-state index is -0.0293. The number of hydrogen-bond acceptors (Lipinski definition) is 3. The molecule has 5 heteroatoms. The first-order valence-electron chi connectivity index (χ1n) is 9.56. The number of hydrogen-bond donors (Lipinski definition) is 0. The van der Waals surface area contributed by atoms with Crippen molar-refractivity contribution < 1.29 is 0 Å². The van der Waals surface area contributed by atoms with Gasteiger partial charge in [0.1, 0.15) is 4.83 Å². The van der Waals surface area contributed by atoms with E-state index in [-0.39, 0.29) is 5.56 Å². The topological polar surface area (TPSA) is 34.9 Å². The van der Waals surface area contributed by atoms with Gasteiger partial charge in [0.2, 0.25) is 0 Å². The highest BCUT2D eigenvalue weighted by Crippen LogP contribution is 2.32. The van der Waals surface area contributed by atoms with Crippen LogP contribution >= 0.6 is 22.9 Å². The van der Waals surface area contributed by atoms with Crippen LogP contribution in [0.15, 0.2) is 95.4 Å². The third-order valence-corrected chi connectivity index (χ3v) is 6.27. The number of benzene rings is 3. The molecule has 0 atom stereocenters. The number of thiophene rings is 1. The van der Waals surface area contributed by atoms with Crippen molar-refractivity contribution in [1.82, 2.24) is 9.55 Å². The monoisotopic (exact) mass is 428 g/mol. The van der Waals surface area contributed by atoms with E-state index in [1.807, 2.05) is 47.8 Å². The largest absolute Gasteiger partial charge is 0.294 e. The van der Waals surface area contributed by atoms with Gasteiger partial charge in [-0.25, -0.2) is 4.98 Å². The fourth-order valence-corrected chi connectivity index (χ4v) is 4.58. The van der Waals surface area contributed by atoms with Crippen LogP contribution in [0.3, 0.4) is 0 Å². The standard InChI is InChI=1S/C25H17ClN2OS/c26-21-12-6-17(7-13-21)14-28-16-27-24-23(25(28)29)22(15-30-24)20-10-8-19(9-11-20)18-4-2-1-3-5-18/h1-13,15-16H,14H2. The molecule has 2 aromatic heterocycles. The number of aromatic nitrogens is 2. The predicted molar refractivity (Wildman–Crippen MR) is 125 cm³/mol. The molecule has 0 fully saturated rings. The molecule has 0 unspecified atom stereocenters. The second-order valence-electron chi connectivity index (χ2n) is 7.08. The lowest BCUT2D eigenvalue weighted by Crippen LogP contribution is -2.20. The van der Waals surface area contributed by atoms with Gasteiger partial charge >= 0.3 is 0 Å². The van der Waals surface area contributed by atoms with Crippen molar-refractivity contribution in [1.29, 1.82) is 0 Å². The Morgan fingerprint density at radius 2 is 1.50 bits per heavy atom. The molecular formula is C25H17ClN2OS. The van der Waals surface area contributed by atoms with Gasteiger partial charge in [-0.1, -0.05) is 78.3 Å². The van der Waals surface area contributed by atoms with Crippen LogP contribution in [0.5, 0.6) is 0 Å². The van der Waals surface area contributed by atoms with Crippen LogP contribution < -0.4 is 5.56 Å². The fourth-order valence-electron chi connectivity index (χ4n) is 3.55. The van der Waals surface area contributed by atoms with Crippen molar-refractivity contribution in [3.63, 3.8) is 0 Å². The summed E-state index contributed by atoms with van der Waals surface area (Å²) in [6.07, 6.45) is 1.62. The third kappa shape index (κ3) is 3.56. The Kier molecular flexibility index (Phi) is 4.95. The van der Waals surface area contributed by atoms with Gasteiger partial charge in [0, 0.05) is 16.0 Å². The van der Waals surface area contributed by atoms with Crippen LogP contribution in [0, 0.1) is 0 Å². The van der Waals surface area contributed by atoms with E-state index in [9.17, 15) is 4.79 Å². The normalized spacial score (nSPS) is 11.1. The van der Waals surface area contributed by atoms with Crippen LogP contribution in [0.25, 0.3) is 32.5 Å². The minimum absolute atomic E-state index is 0.0293. The van der Waals surface area contributed by atoms with E-state index in [1.54, 1.807) is 10.9 Å². The van der Waals surface area contributed by atoms with Gasteiger partial charge in [0.05, 0.1) is 18.3 Å². The highest BCUT2D eigenvalue weighted by molar-refractivity contribution is 7.17. The van der Waals surface area contributed by atoms with Gasteiger partial charge in [-0.3, -0.25) is 9.36 Å². The molecule has 5 aromatic rings. The molecule has 0 N–H and O–H groups in total. The SMILES string of the molecule is O=c1c2c(-c3ccc(-c4ccccc4)cc3)csc2ncn1Cc1ccc(Cl)cc1. The van der Waals surface area contributed by atoms with Crippen molar-refractivity contribution in [2.24, 2.45) is 0 Å². The molecule has 0 spiro atoms. The van der Waals surface area contributed by atoms with Crippen LogP contribution in [-0.4, -0.2) is 9.55 Å². The summed E-state index contributed by atoms with van der Waals surface area (Å²) in [5.41, 5.74) is 5.25. The van der Waals surface area contributed by atoms with Crippen molar-refractivity contribution in [2.75, 3.05) is 0 Å². The Morgan fingerprint density at radius 3 is 2.23 bits per heavy atom. The van der Waals surface area contributed by atoms with Crippen LogP contribution in [0.2, 0.25) is 5.02 Å². The first-order chi connectivity index (χ1) is 14.7. The van der Waals surface area contributed by atoms with Gasteiger partial charge in [-0.2, -0.15) is 0 Å². The highest BCUT2D eigenvalue weighted by atomic mass is 35.5. The smallest absolute Gasteiger partial charge is 0.263 e. The Bertz CT molecular complexity index is 1370. The van der Waals surface area contributed by atoms with Crippen molar-refractivity contribution in [2.45, 2.75) is 6.54 Å². The molecule has 0 amide bonds. The van der Waals surface area contributed by atoms with E-state index in [0.717, 1.165) is 27.1 Å². The molecular weight excluding hydrogens is 412 g/mol. The quantitative estimate of drug-likeness (QED) is 0.327. The average molecular weight is 429 g/mol. The molecule has 0 saturated heterocycles. The van der Waals surface area contributed by atoms with Gasteiger partial charge in [-0.05, 0) is 34.4 Å². The summed E-state index contributed by atoms with van der Waals surface area (Å²) in [4.78, 5) is 18.5. The summed E-state index contributed by atoms with van der Waals surface area (Å²) in [6.45, 7) is 0.459. The van der Waals surface area contributed by atoms with E-state index >= 15 is 0 Å². The Balaban J connectivity index is 1.53. The lowest BCUT2D eigenvalue weighted by atomic mass is 10.0. The second-order valence-corrected chi connectivity index (χ2v) is 8.37. The minimum Gasteiger partial charge on any atom is -0.294 e. The first-order valence-corrected chi connectivity index (χ1v) is 10.8. The summed E-state index contributed by atoms with van der Waals surface area (Å²) in [7, 11) is 0. The molecule has 3 aromatic carbocycles. The lowest BCUT2D eigenvalue weighted by Gasteiger charge is -2.07. The maximum Gasteiger partial charge on any atom is 0.263 e. The summed E-state index contributed by atoms with van der Waals surface area (Å²) in [5, 5.41) is 3.37. The van der Waals surface area contributed by atoms with E-state index in [2.05, 4.69) is 41.4 Å². The second kappa shape index (κ2) is 7.90. The Morgan fingerprint density at radius 1 is 0.833 bits per heavy atom. The van der Waals surface area contributed by atoms with Crippen LogP contribution in [0.4, 0.5) is 0 Å². The number of nitrogens with zero attached hydrogens (tertiary/aromatic N) is 2. The molecule has 0 aliphatic carbocycles. The summed E-state index contributed by atoms with van der Waals surface area (Å²) < 4.78 is 1.65. The molecule has 30 heavy (non-hydrogen) atoms. The lowest BCUT2D eigenvalue weighted by molar-refractivity contribution is 0.749. The first kappa shape index (κ1) is 18.8. The highest BCUT2D eigenvalue weighted by Gasteiger charge is 2.13. The zero-order chi connectivity index (χ0) is 20.5. The Labute approximate surface area is 182 Å². The molecule has 0 bridgehead atoms. The van der Waals surface area contributed by atoms with Gasteiger partial charge in [0.15, 0.2) is 0 Å². The number of rotatable bonds is 4. The zero-order valence-electron chi connectivity index (χ0n) is 16.0. The molecule has 146 valence electrons. The number of halogens is 1. The van der Waals surface area contributed by atoms with E-state index in [1.165, 1.54) is 16.9 Å². The van der Waals surface area contributed by atoms with Gasteiger partial charge < -0.3 is 0 Å². The molecule has 3 nitrogen and oxygen atoms in total. The predicted octanol–water partition coefficient (Wildman–Crippen LogP) is 6.49. The van der Waals surface area contributed by atoms with E-state index in [4.69, 9.17) is 11.6 Å². The van der Waals surface area contributed by atoms with E-state index in [0.29, 0.717) is 17.0 Å². The van der Waals surface area contributed by atoms with Gasteiger partial charge in [-0.15, -0.1) is 11.3 Å². The van der Waals surface area contributed by atoms with Crippen LogP contribution in [0.1, 0.15) is 5.56 Å². The summed E-state index contributed by atoms with van der Waals surface area (Å²) in [5.74, 6) is 0. The molecule has 0 saturated carbocycles. The van der Waals surface area contributed by atoms with Crippen molar-refractivity contribution in [3.05, 3.63) is 112 Å². The van der Waals surface area contributed by atoms with Crippen molar-refractivity contribution >= 4 is 33.2 Å². The zero-order valence-corrected chi connectivity index (χ0v) is 17.5. The molecule has 2 heterocycles. The third-order valence-electron chi connectivity index (χ3n) is 5.13. The fraction of sp³-hybridized carbons (Fsp3) is 0.0400. The van der Waals surface area contributed by atoms with Crippen molar-refractivity contribution in [3.8, 4) is 22.3 Å². The molecule has 0 radical (unpaired) electrons. The Hall–Kier alpha value is -3.21. The summed E-state index contributed by atoms with van der Waals surface area (Å²) >= 11 is 7.47. The summed E-state index contributed by atoms with van der Waals surface area (Å²) in [6, 6.07) is 26.1. The molecule has 5 rings (SSSR count). The van der Waals surface area contributed by atoms with Gasteiger partial charge in [0.25, 0.3) is 5.56 Å². The molecule has 0 aliphatic rings. The average Bonchev–Trinajstić information content (AvgIpc) is 3.23.